The molecule has 28 heavy (non-hydrogen) atoms. The molecule has 0 N–H and O–H groups in total. The molecule has 3 rings (SSSR count). The maximum Gasteiger partial charge on any atom is 0.242 e. The lowest BCUT2D eigenvalue weighted by atomic mass is 10.2. The third-order valence-corrected chi connectivity index (χ3v) is 4.79. The van der Waals surface area contributed by atoms with E-state index in [-0.39, 0.29) is 24.2 Å². The lowest BCUT2D eigenvalue weighted by Gasteiger charge is -2.37. The Kier molecular flexibility index (Phi) is 5.90. The van der Waals surface area contributed by atoms with Crippen molar-refractivity contribution in [2.75, 3.05) is 42.5 Å². The largest absolute Gasteiger partial charge is 0.366 e. The summed E-state index contributed by atoms with van der Waals surface area (Å²) in [5, 5.41) is 9.05. The van der Waals surface area contributed by atoms with Gasteiger partial charge in [-0.3, -0.25) is 9.59 Å². The van der Waals surface area contributed by atoms with Crippen LogP contribution in [0, 0.1) is 17.1 Å². The molecular weight excluding hydrogens is 359 g/mol. The van der Waals surface area contributed by atoms with Crippen LogP contribution < -0.4 is 9.80 Å². The van der Waals surface area contributed by atoms with Gasteiger partial charge in [0.15, 0.2) is 0 Å². The summed E-state index contributed by atoms with van der Waals surface area (Å²) in [6, 6.07) is 15.2. The van der Waals surface area contributed by atoms with Crippen LogP contribution in [0.25, 0.3) is 0 Å². The Bertz CT molecular complexity index is 917. The lowest BCUT2D eigenvalue weighted by Crippen LogP contribution is -2.52. The van der Waals surface area contributed by atoms with Crippen LogP contribution in [0.15, 0.2) is 48.5 Å². The van der Waals surface area contributed by atoms with Crippen molar-refractivity contribution in [3.05, 3.63) is 59.9 Å². The van der Waals surface area contributed by atoms with Crippen LogP contribution in [0.1, 0.15) is 12.5 Å². The van der Waals surface area contributed by atoms with Gasteiger partial charge in [0.2, 0.25) is 11.8 Å². The predicted octanol–water partition coefficient (Wildman–Crippen LogP) is 2.40. The van der Waals surface area contributed by atoms with E-state index in [1.165, 1.54) is 17.9 Å². The molecule has 1 fully saturated rings. The molecule has 1 aliphatic heterocycles. The SMILES string of the molecule is CC(=O)N(CC(=O)N1CCN(c2ccccc2F)CC1)c1cccc(C#N)c1. The first-order valence-electron chi connectivity index (χ1n) is 9.05. The molecule has 1 saturated heterocycles. The quantitative estimate of drug-likeness (QED) is 0.817. The van der Waals surface area contributed by atoms with E-state index in [9.17, 15) is 14.0 Å². The van der Waals surface area contributed by atoms with Gasteiger partial charge in [-0.05, 0) is 30.3 Å². The summed E-state index contributed by atoms with van der Waals surface area (Å²) in [5.41, 5.74) is 1.48. The molecule has 0 radical (unpaired) electrons. The van der Waals surface area contributed by atoms with Gasteiger partial charge in [-0.25, -0.2) is 4.39 Å². The summed E-state index contributed by atoms with van der Waals surface area (Å²) in [4.78, 5) is 29.7. The second-order valence-electron chi connectivity index (χ2n) is 6.59. The van der Waals surface area contributed by atoms with Crippen molar-refractivity contribution in [1.29, 1.82) is 5.26 Å². The highest BCUT2D eigenvalue weighted by Gasteiger charge is 2.25. The van der Waals surface area contributed by atoms with E-state index in [1.54, 1.807) is 47.4 Å². The van der Waals surface area contributed by atoms with Gasteiger partial charge in [-0.1, -0.05) is 18.2 Å². The number of para-hydroxylation sites is 1. The van der Waals surface area contributed by atoms with Gasteiger partial charge in [0.05, 0.1) is 17.3 Å². The summed E-state index contributed by atoms with van der Waals surface area (Å²) < 4.78 is 14.0. The molecule has 2 aromatic rings. The number of hydrogen-bond acceptors (Lipinski definition) is 4. The first-order valence-corrected chi connectivity index (χ1v) is 9.05. The summed E-state index contributed by atoms with van der Waals surface area (Å²) in [5.74, 6) is -0.721. The molecule has 144 valence electrons. The van der Waals surface area contributed by atoms with Crippen LogP contribution in [0.4, 0.5) is 15.8 Å². The molecular formula is C21H21FN4O2. The van der Waals surface area contributed by atoms with Crippen molar-refractivity contribution in [1.82, 2.24) is 4.90 Å². The van der Waals surface area contributed by atoms with E-state index < -0.39 is 0 Å². The summed E-state index contributed by atoms with van der Waals surface area (Å²) in [6.45, 7) is 3.26. The van der Waals surface area contributed by atoms with Crippen molar-refractivity contribution in [3.63, 3.8) is 0 Å². The standard InChI is InChI=1S/C21H21FN4O2/c1-16(27)26(18-6-4-5-17(13-18)14-23)15-21(28)25-11-9-24(10-12-25)20-8-3-2-7-19(20)22/h2-8,13H,9-12,15H2,1H3. The van der Waals surface area contributed by atoms with Crippen molar-refractivity contribution < 1.29 is 14.0 Å². The average molecular weight is 380 g/mol. The number of halogens is 1. The van der Waals surface area contributed by atoms with Crippen LogP contribution in [-0.2, 0) is 9.59 Å². The third kappa shape index (κ3) is 4.29. The fraction of sp³-hybridized carbons (Fsp3) is 0.286. The molecule has 6 nitrogen and oxygen atoms in total. The van der Waals surface area contributed by atoms with E-state index in [4.69, 9.17) is 5.26 Å². The molecule has 1 heterocycles. The molecule has 0 unspecified atom stereocenters. The van der Waals surface area contributed by atoms with Crippen LogP contribution in [0.2, 0.25) is 0 Å². The minimum atomic E-state index is -0.276. The first-order chi connectivity index (χ1) is 13.5. The molecule has 1 aliphatic rings. The fourth-order valence-electron chi connectivity index (χ4n) is 3.27. The highest BCUT2D eigenvalue weighted by Crippen LogP contribution is 2.21. The Morgan fingerprint density at radius 3 is 2.46 bits per heavy atom. The maximum atomic E-state index is 14.0. The van der Waals surface area contributed by atoms with Gasteiger partial charge >= 0.3 is 0 Å². The number of rotatable bonds is 4. The zero-order valence-electron chi connectivity index (χ0n) is 15.6. The number of anilines is 2. The second kappa shape index (κ2) is 8.53. The highest BCUT2D eigenvalue weighted by molar-refractivity contribution is 5.97. The van der Waals surface area contributed by atoms with Crippen molar-refractivity contribution in [3.8, 4) is 6.07 Å². The van der Waals surface area contributed by atoms with Gasteiger partial charge in [0.1, 0.15) is 12.4 Å². The van der Waals surface area contributed by atoms with Crippen LogP contribution in [-0.4, -0.2) is 49.4 Å². The maximum absolute atomic E-state index is 14.0. The number of amides is 2. The first kappa shape index (κ1) is 19.4. The third-order valence-electron chi connectivity index (χ3n) is 4.79. The molecule has 0 aromatic heterocycles. The Morgan fingerprint density at radius 2 is 1.82 bits per heavy atom. The zero-order chi connectivity index (χ0) is 20.1. The van der Waals surface area contributed by atoms with Crippen molar-refractivity contribution in [2.24, 2.45) is 0 Å². The fourth-order valence-corrected chi connectivity index (χ4v) is 3.27. The normalized spacial score (nSPS) is 13.8. The molecule has 0 saturated carbocycles. The molecule has 0 bridgehead atoms. The summed E-state index contributed by atoms with van der Waals surface area (Å²) in [6.07, 6.45) is 0. The van der Waals surface area contributed by atoms with Gasteiger partial charge < -0.3 is 14.7 Å². The van der Waals surface area contributed by atoms with Crippen LogP contribution in [0.3, 0.4) is 0 Å². The molecule has 0 spiro atoms. The average Bonchev–Trinajstić information content (AvgIpc) is 2.72. The topological polar surface area (TPSA) is 67.7 Å². The molecule has 0 atom stereocenters. The minimum Gasteiger partial charge on any atom is -0.366 e. The highest BCUT2D eigenvalue weighted by atomic mass is 19.1. The van der Waals surface area contributed by atoms with Crippen molar-refractivity contribution in [2.45, 2.75) is 6.92 Å². The monoisotopic (exact) mass is 380 g/mol. The number of hydrogen-bond donors (Lipinski definition) is 0. The predicted molar refractivity (Wildman–Crippen MR) is 104 cm³/mol. The van der Waals surface area contributed by atoms with Crippen molar-refractivity contribution >= 4 is 23.2 Å². The minimum absolute atomic E-state index is 0.0933. The van der Waals surface area contributed by atoms with E-state index in [0.717, 1.165) is 0 Å². The Morgan fingerprint density at radius 1 is 1.11 bits per heavy atom. The van der Waals surface area contributed by atoms with Crippen LogP contribution in [0.5, 0.6) is 0 Å². The second-order valence-corrected chi connectivity index (χ2v) is 6.59. The molecule has 0 aliphatic carbocycles. The smallest absolute Gasteiger partial charge is 0.242 e. The number of benzene rings is 2. The number of nitrogens with zero attached hydrogens (tertiary/aromatic N) is 4. The number of nitriles is 1. The molecule has 2 amide bonds. The Hall–Kier alpha value is -3.40. The number of carbonyl (C=O) groups excluding carboxylic acids is 2. The van der Waals surface area contributed by atoms with Gasteiger partial charge in [0, 0.05) is 38.8 Å². The van der Waals surface area contributed by atoms with E-state index in [1.807, 2.05) is 11.0 Å². The van der Waals surface area contributed by atoms with Gasteiger partial charge in [-0.15, -0.1) is 0 Å². The van der Waals surface area contributed by atoms with E-state index >= 15 is 0 Å². The lowest BCUT2D eigenvalue weighted by molar-refractivity contribution is -0.131. The summed E-state index contributed by atoms with van der Waals surface area (Å²) >= 11 is 0. The van der Waals surface area contributed by atoms with Crippen LogP contribution >= 0.6 is 0 Å². The molecule has 7 heteroatoms. The number of carbonyl (C=O) groups is 2. The zero-order valence-corrected chi connectivity index (χ0v) is 15.6. The van der Waals surface area contributed by atoms with Gasteiger partial charge in [0.25, 0.3) is 0 Å². The van der Waals surface area contributed by atoms with E-state index in [0.29, 0.717) is 43.1 Å². The number of piperazine rings is 1. The van der Waals surface area contributed by atoms with Gasteiger partial charge in [-0.2, -0.15) is 5.26 Å². The Balaban J connectivity index is 1.65. The molecule has 2 aromatic carbocycles. The summed E-state index contributed by atoms with van der Waals surface area (Å²) in [7, 11) is 0. The van der Waals surface area contributed by atoms with E-state index in [2.05, 4.69) is 0 Å². The Labute approximate surface area is 163 Å².